The second-order valence-corrected chi connectivity index (χ2v) is 6.53. The Morgan fingerprint density at radius 2 is 1.83 bits per heavy atom. The summed E-state index contributed by atoms with van der Waals surface area (Å²) in [4.78, 5) is 26.2. The van der Waals surface area contributed by atoms with Crippen molar-refractivity contribution in [2.45, 2.75) is 25.6 Å². The SMILES string of the molecule is CC[C@@H](CNc1ncc(C(F)(F)F)cn1)N(C)C(=O)c1nccc2ccccc12. The van der Waals surface area contributed by atoms with E-state index in [4.69, 9.17) is 0 Å². The van der Waals surface area contributed by atoms with Crippen molar-refractivity contribution in [1.82, 2.24) is 19.9 Å². The summed E-state index contributed by atoms with van der Waals surface area (Å²) in [5, 5.41) is 4.58. The predicted molar refractivity (Wildman–Crippen MR) is 103 cm³/mol. The third-order valence-electron chi connectivity index (χ3n) is 4.69. The van der Waals surface area contributed by atoms with Crippen LogP contribution in [0.1, 0.15) is 29.4 Å². The van der Waals surface area contributed by atoms with E-state index >= 15 is 0 Å². The van der Waals surface area contributed by atoms with E-state index in [1.165, 1.54) is 0 Å². The molecule has 0 aliphatic carbocycles. The quantitative estimate of drug-likeness (QED) is 0.674. The summed E-state index contributed by atoms with van der Waals surface area (Å²) in [7, 11) is 1.68. The number of halogens is 3. The molecular weight excluding hydrogens is 383 g/mol. The van der Waals surface area contributed by atoms with Crippen LogP contribution in [-0.4, -0.2) is 45.4 Å². The third-order valence-corrected chi connectivity index (χ3v) is 4.69. The number of fused-ring (bicyclic) bond motifs is 1. The number of likely N-dealkylation sites (N-methyl/N-ethyl adjacent to an activating group) is 1. The Labute approximate surface area is 165 Å². The van der Waals surface area contributed by atoms with E-state index in [9.17, 15) is 18.0 Å². The number of pyridine rings is 1. The van der Waals surface area contributed by atoms with Gasteiger partial charge in [0.15, 0.2) is 0 Å². The predicted octanol–water partition coefficient (Wildman–Crippen LogP) is 4.01. The van der Waals surface area contributed by atoms with Gasteiger partial charge in [-0.1, -0.05) is 31.2 Å². The highest BCUT2D eigenvalue weighted by Gasteiger charge is 2.31. The van der Waals surface area contributed by atoms with Crippen LogP contribution in [-0.2, 0) is 6.18 Å². The van der Waals surface area contributed by atoms with Crippen LogP contribution in [0.3, 0.4) is 0 Å². The highest BCUT2D eigenvalue weighted by atomic mass is 19.4. The van der Waals surface area contributed by atoms with Gasteiger partial charge >= 0.3 is 6.18 Å². The van der Waals surface area contributed by atoms with Crippen LogP contribution in [0, 0.1) is 0 Å². The average Bonchev–Trinajstić information content (AvgIpc) is 2.72. The minimum atomic E-state index is -4.48. The Bertz CT molecular complexity index is 986. The molecule has 0 bridgehead atoms. The first-order chi connectivity index (χ1) is 13.8. The van der Waals surface area contributed by atoms with E-state index in [0.29, 0.717) is 12.1 Å². The van der Waals surface area contributed by atoms with Gasteiger partial charge in [0.2, 0.25) is 5.95 Å². The molecule has 1 aromatic carbocycles. The van der Waals surface area contributed by atoms with Crippen molar-refractivity contribution in [3.05, 3.63) is 60.2 Å². The van der Waals surface area contributed by atoms with Gasteiger partial charge in [-0.25, -0.2) is 9.97 Å². The van der Waals surface area contributed by atoms with Gasteiger partial charge < -0.3 is 10.2 Å². The largest absolute Gasteiger partial charge is 0.419 e. The molecule has 6 nitrogen and oxygen atoms in total. The lowest BCUT2D eigenvalue weighted by Crippen LogP contribution is -2.41. The summed E-state index contributed by atoms with van der Waals surface area (Å²) >= 11 is 0. The van der Waals surface area contributed by atoms with E-state index in [1.54, 1.807) is 18.1 Å². The Morgan fingerprint density at radius 1 is 1.14 bits per heavy atom. The highest BCUT2D eigenvalue weighted by molar-refractivity contribution is 6.05. The minimum Gasteiger partial charge on any atom is -0.352 e. The maximum atomic E-state index is 13.0. The van der Waals surface area contributed by atoms with E-state index in [2.05, 4.69) is 20.3 Å². The molecule has 29 heavy (non-hydrogen) atoms. The number of hydrogen-bond acceptors (Lipinski definition) is 5. The van der Waals surface area contributed by atoms with Crippen LogP contribution >= 0.6 is 0 Å². The highest BCUT2D eigenvalue weighted by Crippen LogP contribution is 2.28. The normalized spacial score (nSPS) is 12.6. The van der Waals surface area contributed by atoms with Gasteiger partial charge in [-0.3, -0.25) is 9.78 Å². The van der Waals surface area contributed by atoms with Crippen LogP contribution in [0.2, 0.25) is 0 Å². The van der Waals surface area contributed by atoms with Crippen LogP contribution in [0.5, 0.6) is 0 Å². The molecule has 1 atom stereocenters. The summed E-state index contributed by atoms with van der Waals surface area (Å²) in [6.45, 7) is 2.20. The number of carbonyl (C=O) groups is 1. The molecule has 0 spiro atoms. The number of benzene rings is 1. The first-order valence-corrected chi connectivity index (χ1v) is 9.05. The molecule has 0 saturated carbocycles. The van der Waals surface area contributed by atoms with Gasteiger partial charge in [0.25, 0.3) is 5.91 Å². The Morgan fingerprint density at radius 3 is 2.48 bits per heavy atom. The van der Waals surface area contributed by atoms with Gasteiger partial charge in [-0.05, 0) is 17.9 Å². The Kier molecular flexibility index (Phi) is 5.95. The van der Waals surface area contributed by atoms with Crippen molar-refractivity contribution in [3.63, 3.8) is 0 Å². The fraction of sp³-hybridized carbons (Fsp3) is 0.300. The summed E-state index contributed by atoms with van der Waals surface area (Å²) in [5.41, 5.74) is -0.556. The van der Waals surface area contributed by atoms with Crippen LogP contribution in [0.25, 0.3) is 10.8 Å². The molecule has 0 unspecified atom stereocenters. The lowest BCUT2D eigenvalue weighted by atomic mass is 10.1. The van der Waals surface area contributed by atoms with Gasteiger partial charge in [-0.15, -0.1) is 0 Å². The standard InChI is InChI=1S/C20H20F3N5O/c1-3-15(12-27-19-25-10-14(11-26-19)20(21,22)23)28(2)18(29)17-16-7-5-4-6-13(16)8-9-24-17/h4-11,15H,3,12H2,1-2H3,(H,25,26,27)/t15-/m0/s1. The molecule has 3 rings (SSSR count). The topological polar surface area (TPSA) is 71.0 Å². The van der Waals surface area contributed by atoms with Gasteiger partial charge in [0.1, 0.15) is 5.69 Å². The molecular formula is C20H20F3N5O. The second-order valence-electron chi connectivity index (χ2n) is 6.53. The number of alkyl halides is 3. The molecule has 1 amide bonds. The zero-order chi connectivity index (χ0) is 21.0. The number of aromatic nitrogens is 3. The lowest BCUT2D eigenvalue weighted by Gasteiger charge is -2.27. The van der Waals surface area contributed by atoms with Crippen molar-refractivity contribution in [2.24, 2.45) is 0 Å². The van der Waals surface area contributed by atoms with Gasteiger partial charge in [0.05, 0.1) is 5.56 Å². The van der Waals surface area contributed by atoms with Crippen LogP contribution in [0.4, 0.5) is 19.1 Å². The van der Waals surface area contributed by atoms with Crippen molar-refractivity contribution in [1.29, 1.82) is 0 Å². The molecule has 0 aliphatic heterocycles. The Balaban J connectivity index is 1.71. The molecule has 0 saturated heterocycles. The average molecular weight is 403 g/mol. The molecule has 9 heteroatoms. The van der Waals surface area contributed by atoms with E-state index in [1.807, 2.05) is 37.3 Å². The molecule has 152 valence electrons. The first kappa shape index (κ1) is 20.5. The molecule has 0 radical (unpaired) electrons. The second kappa shape index (κ2) is 8.42. The van der Waals surface area contributed by atoms with E-state index < -0.39 is 11.7 Å². The zero-order valence-electron chi connectivity index (χ0n) is 15.9. The van der Waals surface area contributed by atoms with E-state index in [0.717, 1.165) is 23.2 Å². The summed E-state index contributed by atoms with van der Waals surface area (Å²) in [6.07, 6.45) is -0.807. The monoisotopic (exact) mass is 403 g/mol. The van der Waals surface area contributed by atoms with Gasteiger partial charge in [-0.2, -0.15) is 13.2 Å². The smallest absolute Gasteiger partial charge is 0.352 e. The number of amides is 1. The summed E-state index contributed by atoms with van der Waals surface area (Å²) < 4.78 is 37.8. The number of anilines is 1. The van der Waals surface area contributed by atoms with Crippen LogP contribution < -0.4 is 5.32 Å². The van der Waals surface area contributed by atoms with Crippen molar-refractivity contribution >= 4 is 22.6 Å². The molecule has 3 aromatic rings. The maximum absolute atomic E-state index is 13.0. The van der Waals surface area contributed by atoms with Gasteiger partial charge in [0, 0.05) is 43.6 Å². The number of nitrogens with zero attached hydrogens (tertiary/aromatic N) is 4. The number of hydrogen-bond donors (Lipinski definition) is 1. The molecule has 2 heterocycles. The third kappa shape index (κ3) is 4.61. The molecule has 0 fully saturated rings. The van der Waals surface area contributed by atoms with Crippen molar-refractivity contribution in [3.8, 4) is 0 Å². The number of nitrogens with one attached hydrogen (secondary N) is 1. The van der Waals surface area contributed by atoms with Crippen molar-refractivity contribution in [2.75, 3.05) is 18.9 Å². The minimum absolute atomic E-state index is 0.0700. The first-order valence-electron chi connectivity index (χ1n) is 9.05. The van der Waals surface area contributed by atoms with Crippen molar-refractivity contribution < 1.29 is 18.0 Å². The zero-order valence-corrected chi connectivity index (χ0v) is 15.9. The van der Waals surface area contributed by atoms with Crippen LogP contribution in [0.15, 0.2) is 48.9 Å². The molecule has 0 aliphatic rings. The van der Waals surface area contributed by atoms with E-state index in [-0.39, 0.29) is 24.4 Å². The lowest BCUT2D eigenvalue weighted by molar-refractivity contribution is -0.138. The fourth-order valence-corrected chi connectivity index (χ4v) is 2.95. The molecule has 2 aromatic heterocycles. The summed E-state index contributed by atoms with van der Waals surface area (Å²) in [6, 6.07) is 9.11. The summed E-state index contributed by atoms with van der Waals surface area (Å²) in [5.74, 6) is -0.163. The molecule has 1 N–H and O–H groups in total. The fourth-order valence-electron chi connectivity index (χ4n) is 2.95. The number of carbonyl (C=O) groups excluding carboxylic acids is 1. The Hall–Kier alpha value is -3.23. The number of rotatable bonds is 6. The maximum Gasteiger partial charge on any atom is 0.419 e.